The first-order chi connectivity index (χ1) is 15.0. The zero-order valence-corrected chi connectivity index (χ0v) is 19.5. The maximum Gasteiger partial charge on any atom is 0.416 e. The minimum absolute atomic E-state index is 0.602. The van der Waals surface area contributed by atoms with Crippen LogP contribution in [0.2, 0.25) is 0 Å². The van der Waals surface area contributed by atoms with E-state index < -0.39 is 17.7 Å². The third-order valence-electron chi connectivity index (χ3n) is 5.24. The van der Waals surface area contributed by atoms with Gasteiger partial charge in [0.25, 0.3) is 5.97 Å². The van der Waals surface area contributed by atoms with Crippen molar-refractivity contribution in [3.63, 3.8) is 0 Å². The fraction of sp³-hybridized carbons (Fsp3) is 0.500. The molecule has 1 atom stereocenters. The summed E-state index contributed by atoms with van der Waals surface area (Å²) in [6.45, 7) is 10.4. The van der Waals surface area contributed by atoms with Gasteiger partial charge in [0.1, 0.15) is 0 Å². The molecular formula is C26H36F3NO2. The van der Waals surface area contributed by atoms with Gasteiger partial charge in [-0.05, 0) is 48.8 Å². The van der Waals surface area contributed by atoms with Gasteiger partial charge in [-0.25, -0.2) is 0 Å². The molecule has 1 aliphatic heterocycles. The zero-order chi connectivity index (χ0) is 24.1. The maximum absolute atomic E-state index is 11.8. The zero-order valence-electron chi connectivity index (χ0n) is 19.5. The molecule has 0 aromatic heterocycles. The van der Waals surface area contributed by atoms with E-state index in [1.54, 1.807) is 6.07 Å². The molecule has 178 valence electrons. The molecule has 0 bridgehead atoms. The summed E-state index contributed by atoms with van der Waals surface area (Å²) in [6, 6.07) is 15.6. The number of halogens is 3. The van der Waals surface area contributed by atoms with Gasteiger partial charge < -0.3 is 10.0 Å². The second-order valence-corrected chi connectivity index (χ2v) is 8.37. The van der Waals surface area contributed by atoms with E-state index in [1.165, 1.54) is 62.2 Å². The molecule has 0 amide bonds. The average molecular weight is 452 g/mol. The van der Waals surface area contributed by atoms with Gasteiger partial charge in [0.15, 0.2) is 0 Å². The molecule has 1 N–H and O–H groups in total. The van der Waals surface area contributed by atoms with Crippen molar-refractivity contribution in [2.45, 2.75) is 65.5 Å². The normalized spacial score (nSPS) is 15.9. The Kier molecular flexibility index (Phi) is 11.9. The van der Waals surface area contributed by atoms with E-state index >= 15 is 0 Å². The van der Waals surface area contributed by atoms with Crippen LogP contribution in [0.4, 0.5) is 18.9 Å². The summed E-state index contributed by atoms with van der Waals surface area (Å²) in [5, 5.41) is 7.42. The summed E-state index contributed by atoms with van der Waals surface area (Å²) in [4.78, 5) is 11.6. The lowest BCUT2D eigenvalue weighted by atomic mass is 9.93. The Labute approximate surface area is 190 Å². The van der Waals surface area contributed by atoms with Crippen LogP contribution in [0.1, 0.15) is 70.4 Å². The molecular weight excluding hydrogens is 415 g/mol. The molecule has 1 unspecified atom stereocenters. The number of alkyl halides is 3. The van der Waals surface area contributed by atoms with E-state index in [1.807, 2.05) is 0 Å². The fourth-order valence-electron chi connectivity index (χ4n) is 3.64. The molecule has 0 saturated carbocycles. The van der Waals surface area contributed by atoms with Crippen molar-refractivity contribution in [2.75, 3.05) is 18.0 Å². The van der Waals surface area contributed by atoms with Gasteiger partial charge in [-0.1, -0.05) is 69.7 Å². The molecule has 0 radical (unpaired) electrons. The predicted octanol–water partition coefficient (Wildman–Crippen LogP) is 7.62. The Bertz CT molecular complexity index is 768. The highest BCUT2D eigenvalue weighted by molar-refractivity contribution is 5.63. The minimum atomic E-state index is -4.21. The average Bonchev–Trinajstić information content (AvgIpc) is 2.74. The molecule has 0 aliphatic carbocycles. The third kappa shape index (κ3) is 10.7. The number of hydrogen-bond acceptors (Lipinski definition) is 2. The number of anilines is 1. The fourth-order valence-corrected chi connectivity index (χ4v) is 3.64. The van der Waals surface area contributed by atoms with E-state index in [0.717, 1.165) is 25.0 Å². The van der Waals surface area contributed by atoms with Crippen LogP contribution in [0.15, 0.2) is 54.6 Å². The molecule has 1 fully saturated rings. The number of hydrogen-bond donors (Lipinski definition) is 1. The lowest BCUT2D eigenvalue weighted by Crippen LogP contribution is -2.35. The van der Waals surface area contributed by atoms with Gasteiger partial charge in [-0.2, -0.15) is 13.2 Å². The van der Waals surface area contributed by atoms with Crippen molar-refractivity contribution < 1.29 is 23.1 Å². The maximum atomic E-state index is 11.8. The van der Waals surface area contributed by atoms with Crippen LogP contribution in [-0.4, -0.2) is 24.2 Å². The Morgan fingerprint density at radius 1 is 1.09 bits per heavy atom. The van der Waals surface area contributed by atoms with Crippen LogP contribution in [0.3, 0.4) is 0 Å². The van der Waals surface area contributed by atoms with Gasteiger partial charge in [0.2, 0.25) is 0 Å². The SMILES string of the molecule is CC(=O)O.CCCC1CCCN(c2ccc(C(C)C)cc2)C1.FC(F)(F)c1ccccc1. The van der Waals surface area contributed by atoms with Gasteiger partial charge >= 0.3 is 6.18 Å². The second kappa shape index (κ2) is 13.8. The second-order valence-electron chi connectivity index (χ2n) is 8.37. The van der Waals surface area contributed by atoms with Crippen LogP contribution >= 0.6 is 0 Å². The summed E-state index contributed by atoms with van der Waals surface area (Å²) in [7, 11) is 0. The minimum Gasteiger partial charge on any atom is -0.481 e. The van der Waals surface area contributed by atoms with Crippen molar-refractivity contribution in [3.8, 4) is 0 Å². The van der Waals surface area contributed by atoms with E-state index in [-0.39, 0.29) is 0 Å². The number of benzene rings is 2. The summed E-state index contributed by atoms with van der Waals surface area (Å²) in [6.07, 6.45) is 1.29. The van der Waals surface area contributed by atoms with E-state index in [9.17, 15) is 13.2 Å². The first-order valence-corrected chi connectivity index (χ1v) is 11.2. The molecule has 1 saturated heterocycles. The Balaban J connectivity index is 0.000000307. The molecule has 3 rings (SSSR count). The highest BCUT2D eigenvalue weighted by Crippen LogP contribution is 2.28. The first-order valence-electron chi connectivity index (χ1n) is 11.2. The van der Waals surface area contributed by atoms with Crippen LogP contribution in [-0.2, 0) is 11.0 Å². The Hall–Kier alpha value is -2.50. The van der Waals surface area contributed by atoms with Crippen LogP contribution in [0.25, 0.3) is 0 Å². The summed E-state index contributed by atoms with van der Waals surface area (Å²) < 4.78 is 35.4. The number of rotatable bonds is 4. The smallest absolute Gasteiger partial charge is 0.416 e. The molecule has 1 heterocycles. The Morgan fingerprint density at radius 2 is 1.66 bits per heavy atom. The van der Waals surface area contributed by atoms with Crippen molar-refractivity contribution in [1.29, 1.82) is 0 Å². The Morgan fingerprint density at radius 3 is 2.09 bits per heavy atom. The number of aliphatic carboxylic acids is 1. The van der Waals surface area contributed by atoms with E-state index in [2.05, 4.69) is 49.9 Å². The van der Waals surface area contributed by atoms with Crippen LogP contribution in [0, 0.1) is 5.92 Å². The van der Waals surface area contributed by atoms with Crippen LogP contribution < -0.4 is 4.90 Å². The quantitative estimate of drug-likeness (QED) is 0.520. The van der Waals surface area contributed by atoms with E-state index in [4.69, 9.17) is 9.90 Å². The van der Waals surface area contributed by atoms with Gasteiger partial charge in [0.05, 0.1) is 5.56 Å². The topological polar surface area (TPSA) is 40.5 Å². The molecule has 1 aliphatic rings. The van der Waals surface area contributed by atoms with E-state index in [0.29, 0.717) is 5.92 Å². The number of nitrogens with zero attached hydrogens (tertiary/aromatic N) is 1. The van der Waals surface area contributed by atoms with Crippen molar-refractivity contribution >= 4 is 11.7 Å². The molecule has 3 nitrogen and oxygen atoms in total. The van der Waals surface area contributed by atoms with Gasteiger partial charge in [-0.3, -0.25) is 4.79 Å². The molecule has 0 spiro atoms. The highest BCUT2D eigenvalue weighted by Gasteiger charge is 2.29. The number of carbonyl (C=O) groups is 1. The third-order valence-corrected chi connectivity index (χ3v) is 5.24. The highest BCUT2D eigenvalue weighted by atomic mass is 19.4. The monoisotopic (exact) mass is 451 g/mol. The predicted molar refractivity (Wildman–Crippen MR) is 125 cm³/mol. The number of carboxylic acid groups (broad SMARTS) is 1. The number of carboxylic acids is 1. The van der Waals surface area contributed by atoms with Crippen molar-refractivity contribution in [1.82, 2.24) is 0 Å². The summed E-state index contributed by atoms with van der Waals surface area (Å²) in [5.74, 6) is 0.710. The molecule has 2 aromatic carbocycles. The first kappa shape index (κ1) is 27.5. The molecule has 2 aromatic rings. The summed E-state index contributed by atoms with van der Waals surface area (Å²) >= 11 is 0. The lowest BCUT2D eigenvalue weighted by molar-refractivity contribution is -0.137. The van der Waals surface area contributed by atoms with Gasteiger partial charge in [0, 0.05) is 25.7 Å². The van der Waals surface area contributed by atoms with Gasteiger partial charge in [-0.15, -0.1) is 0 Å². The lowest BCUT2D eigenvalue weighted by Gasteiger charge is -2.34. The largest absolute Gasteiger partial charge is 0.481 e. The standard InChI is InChI=1S/C17H27N.C7H5F3.C2H4O2/c1-4-6-15-7-5-12-18(13-15)17-10-8-16(9-11-17)14(2)3;8-7(9,10)6-4-2-1-3-5-6;1-2(3)4/h8-11,14-15H,4-7,12-13H2,1-3H3;1-5H;1H3,(H,3,4). The van der Waals surface area contributed by atoms with Crippen molar-refractivity contribution in [2.24, 2.45) is 5.92 Å². The molecule has 32 heavy (non-hydrogen) atoms. The van der Waals surface area contributed by atoms with Crippen molar-refractivity contribution in [3.05, 3.63) is 65.7 Å². The van der Waals surface area contributed by atoms with Crippen LogP contribution in [0.5, 0.6) is 0 Å². The summed E-state index contributed by atoms with van der Waals surface area (Å²) in [5.41, 5.74) is 2.26. The molecule has 6 heteroatoms. The number of piperidine rings is 1.